The van der Waals surface area contributed by atoms with Gasteiger partial charge in [0, 0.05) is 6.42 Å². The fourth-order valence-electron chi connectivity index (χ4n) is 3.27. The third kappa shape index (κ3) is 4.15. The molecule has 0 aromatic heterocycles. The van der Waals surface area contributed by atoms with E-state index in [4.69, 9.17) is 4.74 Å². The molecule has 0 bridgehead atoms. The third-order valence-electron chi connectivity index (χ3n) is 4.88. The summed E-state index contributed by atoms with van der Waals surface area (Å²) in [6, 6.07) is 0. The highest BCUT2D eigenvalue weighted by Crippen LogP contribution is 2.40. The Balaban J connectivity index is 1.77. The van der Waals surface area contributed by atoms with Crippen molar-refractivity contribution in [2.75, 3.05) is 0 Å². The first-order valence-electron chi connectivity index (χ1n) is 8.33. The summed E-state index contributed by atoms with van der Waals surface area (Å²) in [4.78, 5) is 3.65. The SMILES string of the molecule is CC1(C(F)(F)F)OC(CCCC2CCCCCCC2)=NC1O. The lowest BCUT2D eigenvalue weighted by molar-refractivity contribution is -0.266. The second kappa shape index (κ2) is 7.20. The quantitative estimate of drug-likeness (QED) is 0.823. The van der Waals surface area contributed by atoms with Crippen molar-refractivity contribution in [3.05, 3.63) is 0 Å². The van der Waals surface area contributed by atoms with Gasteiger partial charge in [0.2, 0.25) is 5.60 Å². The van der Waals surface area contributed by atoms with Crippen LogP contribution < -0.4 is 0 Å². The van der Waals surface area contributed by atoms with Crippen LogP contribution in [-0.2, 0) is 4.74 Å². The van der Waals surface area contributed by atoms with Crippen LogP contribution in [0.2, 0.25) is 0 Å². The second-order valence-corrected chi connectivity index (χ2v) is 6.71. The Bertz CT molecular complexity index is 389. The molecule has 1 heterocycles. The average Bonchev–Trinajstić information content (AvgIpc) is 2.68. The van der Waals surface area contributed by atoms with Crippen molar-refractivity contribution in [1.82, 2.24) is 0 Å². The number of aliphatic hydroxyl groups is 1. The minimum Gasteiger partial charge on any atom is -0.460 e. The Kier molecular flexibility index (Phi) is 5.75. The zero-order valence-electron chi connectivity index (χ0n) is 13.2. The molecule has 1 aliphatic carbocycles. The molecule has 1 N–H and O–H groups in total. The summed E-state index contributed by atoms with van der Waals surface area (Å²) >= 11 is 0. The van der Waals surface area contributed by atoms with Gasteiger partial charge in [-0.3, -0.25) is 0 Å². The van der Waals surface area contributed by atoms with Gasteiger partial charge in [-0.2, -0.15) is 13.2 Å². The molecule has 0 amide bonds. The van der Waals surface area contributed by atoms with Crippen LogP contribution in [0, 0.1) is 5.92 Å². The van der Waals surface area contributed by atoms with E-state index in [1.165, 1.54) is 44.9 Å². The first-order chi connectivity index (χ1) is 10.3. The topological polar surface area (TPSA) is 41.8 Å². The Morgan fingerprint density at radius 2 is 1.77 bits per heavy atom. The Hall–Kier alpha value is -0.780. The highest BCUT2D eigenvalue weighted by Gasteiger charge is 2.61. The van der Waals surface area contributed by atoms with Crippen LogP contribution in [0.3, 0.4) is 0 Å². The lowest BCUT2D eigenvalue weighted by Crippen LogP contribution is -2.50. The molecule has 1 fully saturated rings. The first kappa shape index (κ1) is 17.6. The van der Waals surface area contributed by atoms with Crippen molar-refractivity contribution in [2.45, 2.75) is 89.1 Å². The van der Waals surface area contributed by atoms with E-state index in [-0.39, 0.29) is 5.90 Å². The summed E-state index contributed by atoms with van der Waals surface area (Å²) < 4.78 is 43.7. The lowest BCUT2D eigenvalue weighted by atomic mass is 9.87. The number of hydrogen-bond acceptors (Lipinski definition) is 3. The zero-order valence-corrected chi connectivity index (χ0v) is 13.2. The molecule has 128 valence electrons. The van der Waals surface area contributed by atoms with Gasteiger partial charge >= 0.3 is 6.18 Å². The van der Waals surface area contributed by atoms with Crippen LogP contribution in [0.15, 0.2) is 4.99 Å². The Labute approximate surface area is 130 Å². The minimum absolute atomic E-state index is 0.0400. The highest BCUT2D eigenvalue weighted by atomic mass is 19.4. The molecule has 1 aliphatic heterocycles. The van der Waals surface area contributed by atoms with E-state index in [9.17, 15) is 18.3 Å². The number of nitrogens with zero attached hydrogens (tertiary/aromatic N) is 1. The average molecular weight is 321 g/mol. The summed E-state index contributed by atoms with van der Waals surface area (Å²) in [7, 11) is 0. The third-order valence-corrected chi connectivity index (χ3v) is 4.88. The van der Waals surface area contributed by atoms with E-state index in [2.05, 4.69) is 4.99 Å². The van der Waals surface area contributed by atoms with Gasteiger partial charge in [-0.25, -0.2) is 4.99 Å². The molecular formula is C16H26F3NO2. The van der Waals surface area contributed by atoms with Gasteiger partial charge in [0.1, 0.15) is 0 Å². The van der Waals surface area contributed by atoms with E-state index in [1.54, 1.807) is 0 Å². The molecule has 22 heavy (non-hydrogen) atoms. The molecule has 0 spiro atoms. The summed E-state index contributed by atoms with van der Waals surface area (Å²) in [5, 5.41) is 9.54. The molecule has 2 aliphatic rings. The van der Waals surface area contributed by atoms with Crippen LogP contribution in [0.5, 0.6) is 0 Å². The monoisotopic (exact) mass is 321 g/mol. The maximum atomic E-state index is 12.9. The Morgan fingerprint density at radius 3 is 2.32 bits per heavy atom. The fraction of sp³-hybridized carbons (Fsp3) is 0.938. The number of aliphatic imine (C=N–C) groups is 1. The maximum Gasteiger partial charge on any atom is 0.432 e. The molecule has 2 atom stereocenters. The highest BCUT2D eigenvalue weighted by molar-refractivity contribution is 5.78. The molecular weight excluding hydrogens is 295 g/mol. The smallest absolute Gasteiger partial charge is 0.432 e. The van der Waals surface area contributed by atoms with Crippen molar-refractivity contribution in [1.29, 1.82) is 0 Å². The molecule has 3 nitrogen and oxygen atoms in total. The van der Waals surface area contributed by atoms with Gasteiger partial charge in [0.05, 0.1) is 0 Å². The van der Waals surface area contributed by atoms with Crippen molar-refractivity contribution >= 4 is 5.90 Å². The molecule has 0 saturated heterocycles. The number of hydrogen-bond donors (Lipinski definition) is 1. The van der Waals surface area contributed by atoms with Crippen LogP contribution in [0.4, 0.5) is 13.2 Å². The number of halogens is 3. The van der Waals surface area contributed by atoms with Crippen LogP contribution in [0.1, 0.15) is 71.1 Å². The van der Waals surface area contributed by atoms with E-state index in [0.717, 1.165) is 19.8 Å². The predicted octanol–water partition coefficient (Wildman–Crippen LogP) is 4.59. The predicted molar refractivity (Wildman–Crippen MR) is 78.6 cm³/mol. The van der Waals surface area contributed by atoms with Crippen molar-refractivity contribution in [3.8, 4) is 0 Å². The van der Waals surface area contributed by atoms with Gasteiger partial charge in [-0.15, -0.1) is 0 Å². The molecule has 0 radical (unpaired) electrons. The molecule has 1 saturated carbocycles. The standard InChI is InChI=1S/C16H26F3NO2/c1-15(16(17,18)19)14(21)20-13(22-15)11-7-10-12-8-5-3-2-4-6-9-12/h12,14,21H,2-11H2,1H3. The largest absolute Gasteiger partial charge is 0.460 e. The van der Waals surface area contributed by atoms with Crippen molar-refractivity contribution in [2.24, 2.45) is 10.9 Å². The lowest BCUT2D eigenvalue weighted by Gasteiger charge is -2.28. The fourth-order valence-corrected chi connectivity index (χ4v) is 3.27. The molecule has 2 unspecified atom stereocenters. The van der Waals surface area contributed by atoms with Gasteiger partial charge in [-0.1, -0.05) is 44.9 Å². The number of aliphatic hydroxyl groups excluding tert-OH is 1. The number of alkyl halides is 3. The number of ether oxygens (including phenoxy) is 1. The Morgan fingerprint density at radius 1 is 1.18 bits per heavy atom. The van der Waals surface area contributed by atoms with Gasteiger partial charge in [0.25, 0.3) is 0 Å². The van der Waals surface area contributed by atoms with E-state index in [1.807, 2.05) is 0 Å². The molecule has 0 aromatic carbocycles. The van der Waals surface area contributed by atoms with E-state index >= 15 is 0 Å². The van der Waals surface area contributed by atoms with E-state index < -0.39 is 18.0 Å². The summed E-state index contributed by atoms with van der Waals surface area (Å²) in [5.41, 5.74) is -2.59. The first-order valence-corrected chi connectivity index (χ1v) is 8.33. The molecule has 2 rings (SSSR count). The van der Waals surface area contributed by atoms with Gasteiger partial charge < -0.3 is 9.84 Å². The van der Waals surface area contributed by atoms with E-state index in [0.29, 0.717) is 12.3 Å². The summed E-state index contributed by atoms with van der Waals surface area (Å²) in [6.45, 7) is 0.850. The van der Waals surface area contributed by atoms with Crippen molar-refractivity contribution < 1.29 is 23.0 Å². The minimum atomic E-state index is -4.63. The van der Waals surface area contributed by atoms with Crippen LogP contribution in [0.25, 0.3) is 0 Å². The van der Waals surface area contributed by atoms with Gasteiger partial charge in [-0.05, 0) is 25.7 Å². The molecule has 6 heteroatoms. The maximum absolute atomic E-state index is 12.9. The molecule has 0 aromatic rings. The second-order valence-electron chi connectivity index (χ2n) is 6.71. The van der Waals surface area contributed by atoms with Gasteiger partial charge in [0.15, 0.2) is 12.1 Å². The summed E-state index contributed by atoms with van der Waals surface area (Å²) in [6.07, 6.45) is 4.52. The van der Waals surface area contributed by atoms with Crippen LogP contribution >= 0.6 is 0 Å². The normalized spacial score (nSPS) is 31.3. The van der Waals surface area contributed by atoms with Crippen LogP contribution in [-0.4, -0.2) is 29.0 Å². The zero-order chi connectivity index (χ0) is 16.2. The summed E-state index contributed by atoms with van der Waals surface area (Å²) in [5.74, 6) is 0.708. The van der Waals surface area contributed by atoms with Crippen molar-refractivity contribution in [3.63, 3.8) is 0 Å². The number of rotatable bonds is 4.